The van der Waals surface area contributed by atoms with Crippen molar-refractivity contribution in [3.8, 4) is 5.75 Å². The number of carbonyl (C=O) groups excluding carboxylic acids is 3. The minimum Gasteiger partial charge on any atom is -0.497 e. The molecule has 3 aromatic carbocycles. The molecule has 0 unspecified atom stereocenters. The molecule has 11 heteroatoms. The highest BCUT2D eigenvalue weighted by Crippen LogP contribution is 2.60. The van der Waals surface area contributed by atoms with Crippen LogP contribution in [-0.2, 0) is 44.2 Å². The lowest BCUT2D eigenvalue weighted by atomic mass is 9.82. The Bertz CT molecular complexity index is 1810. The number of rotatable bonds is 8. The first kappa shape index (κ1) is 34.4. The number of methoxy groups -OCH3 is 1. The molecular formula is C39H47N3O7Si. The summed E-state index contributed by atoms with van der Waals surface area (Å²) in [5.74, 6) is -0.187. The van der Waals surface area contributed by atoms with E-state index in [2.05, 4.69) is 0 Å². The first-order valence-electron chi connectivity index (χ1n) is 17.7. The summed E-state index contributed by atoms with van der Waals surface area (Å²) in [5.41, 5.74) is 3.34. The van der Waals surface area contributed by atoms with Crippen LogP contribution in [-0.4, -0.2) is 73.2 Å². The Kier molecular flexibility index (Phi) is 9.13. The number of hydrogen-bond acceptors (Lipinski definition) is 7. The van der Waals surface area contributed by atoms with Gasteiger partial charge in [0.2, 0.25) is 11.8 Å². The molecular weight excluding hydrogens is 651 g/mol. The molecule has 0 bridgehead atoms. The van der Waals surface area contributed by atoms with Gasteiger partial charge in [0.15, 0.2) is 13.9 Å². The average molecular weight is 698 g/mol. The fraction of sp³-hybridized carbons (Fsp3) is 0.462. The van der Waals surface area contributed by atoms with Crippen molar-refractivity contribution in [3.63, 3.8) is 0 Å². The van der Waals surface area contributed by atoms with Crippen molar-refractivity contribution in [2.45, 2.75) is 88.5 Å². The van der Waals surface area contributed by atoms with Crippen molar-refractivity contribution < 1.29 is 33.8 Å². The van der Waals surface area contributed by atoms with Crippen LogP contribution >= 0.6 is 0 Å². The molecule has 2 fully saturated rings. The third kappa shape index (κ3) is 5.83. The molecule has 10 nitrogen and oxygen atoms in total. The molecule has 50 heavy (non-hydrogen) atoms. The number of aliphatic hydroxyl groups is 1. The number of piperidine rings is 1. The molecule has 0 radical (unpaired) electrons. The normalized spacial score (nSPS) is 26.4. The van der Waals surface area contributed by atoms with Gasteiger partial charge in [0, 0.05) is 42.2 Å². The second-order valence-electron chi connectivity index (χ2n) is 14.8. The third-order valence-corrected chi connectivity index (χ3v) is 13.8. The number of fused-ring (bicyclic) bond motifs is 3. The van der Waals surface area contributed by atoms with Crippen LogP contribution in [0.25, 0.3) is 0 Å². The minimum atomic E-state index is -3.03. The van der Waals surface area contributed by atoms with E-state index in [-0.39, 0.29) is 43.3 Å². The maximum absolute atomic E-state index is 15.0. The standard InChI is InChI=1S/C39H47N3O7Si/c1-25-37(50(3,4)47)34(21-36(45)41-23-28-12-6-5-11-27(28)19-30(41)24-43)49-39(25)32-20-31(48-2)15-16-33(32)42(38(39)46)22-26-10-9-13-29(18-26)40-17-8-7-14-35(40)44/h5-6,9-13,15-16,18,20,25,30,34,37,43,47H,7-8,14,17,19,21-24H2,1-4H3/t25-,30+,34+,37-,39+/m1/s1. The van der Waals surface area contributed by atoms with Gasteiger partial charge in [-0.1, -0.05) is 43.3 Å². The Morgan fingerprint density at radius 1 is 1.04 bits per heavy atom. The van der Waals surface area contributed by atoms with E-state index >= 15 is 0 Å². The van der Waals surface area contributed by atoms with Crippen molar-refractivity contribution in [2.24, 2.45) is 5.92 Å². The fourth-order valence-corrected chi connectivity index (χ4v) is 11.5. The summed E-state index contributed by atoms with van der Waals surface area (Å²) < 4.78 is 12.6. The summed E-state index contributed by atoms with van der Waals surface area (Å²) in [6, 6.07) is 20.9. The van der Waals surface area contributed by atoms with Crippen LogP contribution in [0, 0.1) is 5.92 Å². The lowest BCUT2D eigenvalue weighted by Gasteiger charge is -2.37. The quantitative estimate of drug-likeness (QED) is 0.322. The second kappa shape index (κ2) is 13.3. The van der Waals surface area contributed by atoms with Crippen LogP contribution in [0.2, 0.25) is 18.6 Å². The first-order chi connectivity index (χ1) is 24.0. The highest BCUT2D eigenvalue weighted by Gasteiger charge is 2.66. The van der Waals surface area contributed by atoms with Crippen molar-refractivity contribution >= 4 is 37.4 Å². The van der Waals surface area contributed by atoms with Crippen molar-refractivity contribution in [1.82, 2.24) is 4.90 Å². The summed E-state index contributed by atoms with van der Waals surface area (Å²) in [7, 11) is -1.45. The van der Waals surface area contributed by atoms with E-state index in [0.29, 0.717) is 42.9 Å². The van der Waals surface area contributed by atoms with Gasteiger partial charge in [0.25, 0.3) is 5.91 Å². The van der Waals surface area contributed by atoms with Crippen molar-refractivity contribution in [1.29, 1.82) is 0 Å². The number of carbonyl (C=O) groups is 3. The highest BCUT2D eigenvalue weighted by molar-refractivity contribution is 6.71. The Morgan fingerprint density at radius 3 is 2.54 bits per heavy atom. The van der Waals surface area contributed by atoms with Gasteiger partial charge in [0.1, 0.15) is 5.75 Å². The van der Waals surface area contributed by atoms with E-state index < -0.39 is 31.5 Å². The first-order valence-corrected chi connectivity index (χ1v) is 20.8. The van der Waals surface area contributed by atoms with Crippen molar-refractivity contribution in [2.75, 3.05) is 30.1 Å². The molecule has 1 spiro atoms. The highest BCUT2D eigenvalue weighted by atomic mass is 28.4. The molecule has 4 aliphatic heterocycles. The summed E-state index contributed by atoms with van der Waals surface area (Å²) >= 11 is 0. The maximum atomic E-state index is 15.0. The van der Waals surface area contributed by atoms with Gasteiger partial charge in [-0.3, -0.25) is 14.4 Å². The molecule has 4 aliphatic rings. The SMILES string of the molecule is COc1ccc2c(c1)[C@]1(O[C@@H](CC(=O)N3Cc4ccccc4C[C@H]3CO)[C@H]([Si](C)(C)O)[C@H]1C)C(=O)N2Cc1cccc(N2CCCCC2=O)c1. The van der Waals surface area contributed by atoms with Crippen LogP contribution in [0.5, 0.6) is 5.75 Å². The van der Waals surface area contributed by atoms with Crippen LogP contribution in [0.4, 0.5) is 11.4 Å². The predicted octanol–water partition coefficient (Wildman–Crippen LogP) is 4.89. The largest absolute Gasteiger partial charge is 0.497 e. The molecule has 7 rings (SSSR count). The fourth-order valence-electron chi connectivity index (χ4n) is 8.96. The van der Waals surface area contributed by atoms with Crippen molar-refractivity contribution in [3.05, 3.63) is 89.0 Å². The zero-order valence-corrected chi connectivity index (χ0v) is 30.3. The van der Waals surface area contributed by atoms with Gasteiger partial charge in [-0.05, 0) is 79.4 Å². The molecule has 0 aromatic heterocycles. The Labute approximate surface area is 294 Å². The molecule has 0 aliphatic carbocycles. The Hall–Kier alpha value is -4.03. The van der Waals surface area contributed by atoms with E-state index in [4.69, 9.17) is 9.47 Å². The van der Waals surface area contributed by atoms with Gasteiger partial charge in [0.05, 0.1) is 44.5 Å². The van der Waals surface area contributed by atoms with Gasteiger partial charge in [-0.2, -0.15) is 0 Å². The number of nitrogens with zero attached hydrogens (tertiary/aromatic N) is 3. The molecule has 0 saturated carbocycles. The van der Waals surface area contributed by atoms with Crippen LogP contribution < -0.4 is 14.5 Å². The van der Waals surface area contributed by atoms with Gasteiger partial charge in [-0.15, -0.1) is 0 Å². The number of anilines is 2. The van der Waals surface area contributed by atoms with Crippen LogP contribution in [0.15, 0.2) is 66.7 Å². The average Bonchev–Trinajstić information content (AvgIpc) is 3.53. The monoisotopic (exact) mass is 697 g/mol. The molecule has 5 atom stereocenters. The second-order valence-corrected chi connectivity index (χ2v) is 18.8. The van der Waals surface area contributed by atoms with Crippen LogP contribution in [0.3, 0.4) is 0 Å². The lowest BCUT2D eigenvalue weighted by molar-refractivity contribution is -0.151. The van der Waals surface area contributed by atoms with Crippen LogP contribution in [0.1, 0.15) is 54.9 Å². The Balaban J connectivity index is 1.22. The summed E-state index contributed by atoms with van der Waals surface area (Å²) in [4.78, 5) is 58.9. The minimum absolute atomic E-state index is 0.0229. The maximum Gasteiger partial charge on any atom is 0.264 e. The Morgan fingerprint density at radius 2 is 1.82 bits per heavy atom. The lowest BCUT2D eigenvalue weighted by Crippen LogP contribution is -2.48. The summed E-state index contributed by atoms with van der Waals surface area (Å²) in [6.45, 7) is 6.80. The van der Waals surface area contributed by atoms with E-state index in [1.165, 1.54) is 0 Å². The summed E-state index contributed by atoms with van der Waals surface area (Å²) in [5, 5.41) is 10.3. The molecule has 264 valence electrons. The summed E-state index contributed by atoms with van der Waals surface area (Å²) in [6.07, 6.45) is 2.19. The smallest absolute Gasteiger partial charge is 0.264 e. The molecule has 3 amide bonds. The van der Waals surface area contributed by atoms with Gasteiger partial charge < -0.3 is 34.1 Å². The zero-order valence-electron chi connectivity index (χ0n) is 29.3. The number of ether oxygens (including phenoxy) is 2. The number of amides is 3. The van der Waals surface area contributed by atoms with E-state index in [9.17, 15) is 24.3 Å². The third-order valence-electron chi connectivity index (χ3n) is 11.3. The van der Waals surface area contributed by atoms with E-state index in [0.717, 1.165) is 35.2 Å². The zero-order chi connectivity index (χ0) is 35.4. The van der Waals surface area contributed by atoms with E-state index in [1.54, 1.807) is 16.9 Å². The van der Waals surface area contributed by atoms with E-state index in [1.807, 2.05) is 91.6 Å². The number of hydrogen-bond donors (Lipinski definition) is 2. The number of aliphatic hydroxyl groups excluding tert-OH is 1. The molecule has 3 aromatic rings. The molecule has 2 N–H and O–H groups in total. The molecule has 4 heterocycles. The topological polar surface area (TPSA) is 120 Å². The van der Waals surface area contributed by atoms with Gasteiger partial charge >= 0.3 is 0 Å². The number of benzene rings is 3. The van der Waals surface area contributed by atoms with Gasteiger partial charge in [-0.25, -0.2) is 0 Å². The molecule has 2 saturated heterocycles. The predicted molar refractivity (Wildman–Crippen MR) is 192 cm³/mol.